The van der Waals surface area contributed by atoms with Crippen molar-refractivity contribution in [1.29, 1.82) is 0 Å². The van der Waals surface area contributed by atoms with Crippen LogP contribution in [0.2, 0.25) is 5.02 Å². The Labute approximate surface area is 192 Å². The lowest BCUT2D eigenvalue weighted by Crippen LogP contribution is -2.36. The minimum absolute atomic E-state index is 0.0519. The van der Waals surface area contributed by atoms with E-state index in [1.54, 1.807) is 11.0 Å². The second-order valence-electron chi connectivity index (χ2n) is 7.76. The normalized spacial score (nSPS) is 15.5. The number of hydrogen-bond acceptors (Lipinski definition) is 4. The van der Waals surface area contributed by atoms with Gasteiger partial charge in [0, 0.05) is 35.3 Å². The van der Waals surface area contributed by atoms with Crippen molar-refractivity contribution in [2.45, 2.75) is 20.0 Å². The number of hydrogen-bond donors (Lipinski definition) is 2. The minimum atomic E-state index is -0.420. The SMILES string of the molecule is Cc1ccc(N2C[C@H](C(=O)NNc3cccc(OCc4ccccc4Cl)c3)CC2=O)cc1. The van der Waals surface area contributed by atoms with E-state index in [1.807, 2.05) is 73.7 Å². The van der Waals surface area contributed by atoms with E-state index in [0.717, 1.165) is 16.8 Å². The van der Waals surface area contributed by atoms with E-state index in [-0.39, 0.29) is 18.2 Å². The lowest BCUT2D eigenvalue weighted by atomic mass is 10.1. The molecule has 1 aliphatic rings. The Morgan fingerprint density at radius 3 is 2.66 bits per heavy atom. The first kappa shape index (κ1) is 21.7. The maximum Gasteiger partial charge on any atom is 0.243 e. The fourth-order valence-corrected chi connectivity index (χ4v) is 3.72. The summed E-state index contributed by atoms with van der Waals surface area (Å²) in [4.78, 5) is 26.7. The molecule has 1 fully saturated rings. The van der Waals surface area contributed by atoms with Crippen LogP contribution in [0.3, 0.4) is 0 Å². The van der Waals surface area contributed by atoms with Gasteiger partial charge in [-0.1, -0.05) is 53.6 Å². The van der Waals surface area contributed by atoms with Crippen molar-refractivity contribution >= 4 is 34.8 Å². The van der Waals surface area contributed by atoms with Crippen LogP contribution < -0.4 is 20.5 Å². The lowest BCUT2D eigenvalue weighted by molar-refractivity contribution is -0.125. The predicted molar refractivity (Wildman–Crippen MR) is 126 cm³/mol. The zero-order chi connectivity index (χ0) is 22.5. The smallest absolute Gasteiger partial charge is 0.243 e. The third kappa shape index (κ3) is 5.21. The van der Waals surface area contributed by atoms with E-state index in [0.29, 0.717) is 29.6 Å². The summed E-state index contributed by atoms with van der Waals surface area (Å²) in [6.45, 7) is 2.69. The van der Waals surface area contributed by atoms with Gasteiger partial charge in [0.2, 0.25) is 11.8 Å². The van der Waals surface area contributed by atoms with Gasteiger partial charge in [0.05, 0.1) is 11.6 Å². The molecule has 3 aromatic rings. The summed E-state index contributed by atoms with van der Waals surface area (Å²) in [6.07, 6.45) is 0.183. The summed E-state index contributed by atoms with van der Waals surface area (Å²) in [5, 5.41) is 0.653. The molecule has 2 amide bonds. The molecule has 32 heavy (non-hydrogen) atoms. The summed E-state index contributed by atoms with van der Waals surface area (Å²) in [5.74, 6) is -0.0546. The number of benzene rings is 3. The molecule has 1 atom stereocenters. The quantitative estimate of drug-likeness (QED) is 0.512. The Balaban J connectivity index is 1.31. The van der Waals surface area contributed by atoms with E-state index >= 15 is 0 Å². The monoisotopic (exact) mass is 449 g/mol. The maximum atomic E-state index is 12.6. The molecule has 0 unspecified atom stereocenters. The van der Waals surface area contributed by atoms with Gasteiger partial charge in [-0.05, 0) is 37.3 Å². The van der Waals surface area contributed by atoms with Crippen molar-refractivity contribution in [2.24, 2.45) is 5.92 Å². The number of nitrogens with one attached hydrogen (secondary N) is 2. The first-order chi connectivity index (χ1) is 15.5. The average Bonchev–Trinajstić information content (AvgIpc) is 3.19. The zero-order valence-corrected chi connectivity index (χ0v) is 18.4. The number of anilines is 2. The van der Waals surface area contributed by atoms with Crippen molar-refractivity contribution in [3.63, 3.8) is 0 Å². The summed E-state index contributed by atoms with van der Waals surface area (Å²) in [6, 6.07) is 22.5. The Morgan fingerprint density at radius 2 is 1.88 bits per heavy atom. The predicted octanol–water partition coefficient (Wildman–Crippen LogP) is 4.72. The maximum absolute atomic E-state index is 12.6. The Kier molecular flexibility index (Phi) is 6.61. The number of hydrazine groups is 1. The Morgan fingerprint density at radius 1 is 1.09 bits per heavy atom. The molecule has 0 aliphatic carbocycles. The van der Waals surface area contributed by atoms with Crippen molar-refractivity contribution in [1.82, 2.24) is 5.43 Å². The van der Waals surface area contributed by atoms with Crippen LogP contribution in [0.5, 0.6) is 5.75 Å². The molecule has 1 saturated heterocycles. The van der Waals surface area contributed by atoms with Gasteiger partial charge >= 0.3 is 0 Å². The number of halogens is 1. The van der Waals surface area contributed by atoms with Crippen LogP contribution in [0.1, 0.15) is 17.5 Å². The van der Waals surface area contributed by atoms with E-state index in [9.17, 15) is 9.59 Å². The number of nitrogens with zero attached hydrogens (tertiary/aromatic N) is 1. The molecule has 0 saturated carbocycles. The molecule has 0 aromatic heterocycles. The van der Waals surface area contributed by atoms with Crippen LogP contribution in [-0.2, 0) is 16.2 Å². The highest BCUT2D eigenvalue weighted by atomic mass is 35.5. The van der Waals surface area contributed by atoms with Gasteiger partial charge in [-0.15, -0.1) is 0 Å². The lowest BCUT2D eigenvalue weighted by Gasteiger charge is -2.17. The molecule has 6 nitrogen and oxygen atoms in total. The molecule has 4 rings (SSSR count). The molecule has 164 valence electrons. The van der Waals surface area contributed by atoms with Gasteiger partial charge in [-0.25, -0.2) is 0 Å². The van der Waals surface area contributed by atoms with Gasteiger partial charge in [-0.2, -0.15) is 0 Å². The molecular formula is C25H24ClN3O3. The molecule has 0 radical (unpaired) electrons. The summed E-state index contributed by atoms with van der Waals surface area (Å²) in [7, 11) is 0. The van der Waals surface area contributed by atoms with Crippen LogP contribution in [0.4, 0.5) is 11.4 Å². The van der Waals surface area contributed by atoms with Gasteiger partial charge < -0.3 is 9.64 Å². The Bertz CT molecular complexity index is 1120. The van der Waals surface area contributed by atoms with E-state index in [2.05, 4.69) is 10.9 Å². The van der Waals surface area contributed by atoms with Crippen molar-refractivity contribution in [3.8, 4) is 5.75 Å². The molecule has 0 bridgehead atoms. The third-order valence-corrected chi connectivity index (χ3v) is 5.73. The minimum Gasteiger partial charge on any atom is -0.489 e. The van der Waals surface area contributed by atoms with Crippen LogP contribution in [0.25, 0.3) is 0 Å². The van der Waals surface area contributed by atoms with Gasteiger partial charge in [-0.3, -0.25) is 20.4 Å². The van der Waals surface area contributed by atoms with E-state index in [4.69, 9.17) is 16.3 Å². The molecule has 1 aliphatic heterocycles. The van der Waals surface area contributed by atoms with Crippen molar-refractivity contribution in [3.05, 3.63) is 88.9 Å². The van der Waals surface area contributed by atoms with E-state index < -0.39 is 5.92 Å². The number of carbonyl (C=O) groups is 2. The van der Waals surface area contributed by atoms with Crippen LogP contribution in [0.15, 0.2) is 72.8 Å². The van der Waals surface area contributed by atoms with E-state index in [1.165, 1.54) is 0 Å². The highest BCUT2D eigenvalue weighted by molar-refractivity contribution is 6.31. The van der Waals surface area contributed by atoms with Gasteiger partial charge in [0.15, 0.2) is 0 Å². The first-order valence-electron chi connectivity index (χ1n) is 10.4. The zero-order valence-electron chi connectivity index (χ0n) is 17.7. The van der Waals surface area contributed by atoms with Crippen LogP contribution in [-0.4, -0.2) is 18.4 Å². The fraction of sp³-hybridized carbons (Fsp3) is 0.200. The van der Waals surface area contributed by atoms with Crippen LogP contribution in [0, 0.1) is 12.8 Å². The van der Waals surface area contributed by atoms with Crippen molar-refractivity contribution < 1.29 is 14.3 Å². The third-order valence-electron chi connectivity index (χ3n) is 5.36. The van der Waals surface area contributed by atoms with Gasteiger partial charge in [0.1, 0.15) is 12.4 Å². The average molecular weight is 450 g/mol. The number of aryl methyl sites for hydroxylation is 1. The molecule has 1 heterocycles. The van der Waals surface area contributed by atoms with Gasteiger partial charge in [0.25, 0.3) is 0 Å². The fourth-order valence-electron chi connectivity index (χ4n) is 3.53. The number of ether oxygens (including phenoxy) is 1. The first-order valence-corrected chi connectivity index (χ1v) is 10.8. The molecular weight excluding hydrogens is 426 g/mol. The molecule has 3 aromatic carbocycles. The highest BCUT2D eigenvalue weighted by Crippen LogP contribution is 2.26. The summed E-state index contributed by atoms with van der Waals surface area (Å²) >= 11 is 6.17. The molecule has 2 N–H and O–H groups in total. The Hall–Kier alpha value is -3.51. The second kappa shape index (κ2) is 9.75. The number of carbonyl (C=O) groups excluding carboxylic acids is 2. The molecule has 7 heteroatoms. The standard InChI is InChI=1S/C25H24ClN3O3/c1-17-9-11-21(12-10-17)29-15-19(13-24(29)30)25(31)28-27-20-6-4-7-22(14-20)32-16-18-5-2-3-8-23(18)26/h2-12,14,19,27H,13,15-16H2,1H3,(H,28,31)/t19-/m1/s1. The van der Waals surface area contributed by atoms with Crippen LogP contribution >= 0.6 is 11.6 Å². The van der Waals surface area contributed by atoms with Crippen molar-refractivity contribution in [2.75, 3.05) is 16.9 Å². The topological polar surface area (TPSA) is 70.7 Å². The largest absolute Gasteiger partial charge is 0.489 e. The summed E-state index contributed by atoms with van der Waals surface area (Å²) in [5.41, 5.74) is 9.12. The highest BCUT2D eigenvalue weighted by Gasteiger charge is 2.35. The summed E-state index contributed by atoms with van der Waals surface area (Å²) < 4.78 is 5.82. The second-order valence-corrected chi connectivity index (χ2v) is 8.17. The molecule has 0 spiro atoms. The number of amides is 2. The number of rotatable bonds is 7.